The minimum atomic E-state index is -0.995. The van der Waals surface area contributed by atoms with Gasteiger partial charge in [0.1, 0.15) is 12.2 Å². The molecule has 1 atom stereocenters. The number of hydrogen-bond acceptors (Lipinski definition) is 3. The van der Waals surface area contributed by atoms with Crippen molar-refractivity contribution in [3.05, 3.63) is 18.0 Å². The van der Waals surface area contributed by atoms with Gasteiger partial charge < -0.3 is 10.4 Å². The number of amides is 1. The lowest BCUT2D eigenvalue weighted by Crippen LogP contribution is -2.56. The molecule has 4 bridgehead atoms. The molecule has 0 aromatic carbocycles. The van der Waals surface area contributed by atoms with Crippen LogP contribution < -0.4 is 5.32 Å². The molecular formula is C19H27N3O3. The van der Waals surface area contributed by atoms with E-state index in [9.17, 15) is 9.59 Å². The predicted octanol–water partition coefficient (Wildman–Crippen LogP) is 2.69. The van der Waals surface area contributed by atoms with Crippen LogP contribution in [0.2, 0.25) is 0 Å². The van der Waals surface area contributed by atoms with Crippen molar-refractivity contribution < 1.29 is 14.7 Å². The molecule has 6 nitrogen and oxygen atoms in total. The third kappa shape index (κ3) is 2.96. The Hall–Kier alpha value is -1.85. The summed E-state index contributed by atoms with van der Waals surface area (Å²) in [6.07, 6.45) is 10.3. The van der Waals surface area contributed by atoms with Crippen LogP contribution in [0.25, 0.3) is 0 Å². The number of carbonyl (C=O) groups is 2. The van der Waals surface area contributed by atoms with Crippen LogP contribution >= 0.6 is 0 Å². The Morgan fingerprint density at radius 2 is 1.88 bits per heavy atom. The topological polar surface area (TPSA) is 84.2 Å². The van der Waals surface area contributed by atoms with Crippen LogP contribution in [-0.4, -0.2) is 32.8 Å². The van der Waals surface area contributed by atoms with Gasteiger partial charge in [0.05, 0.1) is 0 Å². The van der Waals surface area contributed by atoms with Crippen molar-refractivity contribution in [3.63, 3.8) is 0 Å². The molecule has 4 fully saturated rings. The Bertz CT molecular complexity index is 646. The molecule has 2 N–H and O–H groups in total. The molecule has 5 rings (SSSR count). The summed E-state index contributed by atoms with van der Waals surface area (Å²) in [5, 5.41) is 16.2. The van der Waals surface area contributed by atoms with Crippen molar-refractivity contribution in [1.29, 1.82) is 0 Å². The summed E-state index contributed by atoms with van der Waals surface area (Å²) in [6, 6.07) is 1.77. The Morgan fingerprint density at radius 1 is 1.28 bits per heavy atom. The van der Waals surface area contributed by atoms with Crippen molar-refractivity contribution in [3.8, 4) is 0 Å². The summed E-state index contributed by atoms with van der Waals surface area (Å²) >= 11 is 0. The molecule has 4 saturated carbocycles. The molecule has 1 heterocycles. The Labute approximate surface area is 148 Å². The summed E-state index contributed by atoms with van der Waals surface area (Å²) in [4.78, 5) is 23.8. The SMILES string of the molecule is CCC(NC(=O)c1ccnn1CC(=O)O)C12CC3CC(CC(C3)C1)C2. The molecule has 1 aromatic rings. The number of nitrogens with one attached hydrogen (secondary N) is 1. The summed E-state index contributed by atoms with van der Waals surface area (Å²) in [6.45, 7) is 1.86. The molecule has 1 unspecified atom stereocenters. The second-order valence-corrected chi connectivity index (χ2v) is 8.48. The molecule has 0 radical (unpaired) electrons. The average molecular weight is 345 g/mol. The predicted molar refractivity (Wildman–Crippen MR) is 92.0 cm³/mol. The number of rotatable bonds is 6. The fraction of sp³-hybridized carbons (Fsp3) is 0.737. The molecule has 4 aliphatic carbocycles. The van der Waals surface area contributed by atoms with Crippen molar-refractivity contribution in [2.24, 2.45) is 23.2 Å². The number of carbonyl (C=O) groups excluding carboxylic acids is 1. The van der Waals surface area contributed by atoms with Gasteiger partial charge in [0.25, 0.3) is 5.91 Å². The van der Waals surface area contributed by atoms with Crippen LogP contribution in [-0.2, 0) is 11.3 Å². The zero-order valence-electron chi connectivity index (χ0n) is 14.8. The maximum atomic E-state index is 12.8. The van der Waals surface area contributed by atoms with Crippen molar-refractivity contribution in [2.45, 2.75) is 64.5 Å². The molecule has 4 aliphatic rings. The van der Waals surface area contributed by atoms with E-state index in [0.29, 0.717) is 5.69 Å². The smallest absolute Gasteiger partial charge is 0.325 e. The zero-order chi connectivity index (χ0) is 17.6. The molecule has 25 heavy (non-hydrogen) atoms. The highest BCUT2D eigenvalue weighted by Gasteiger charge is 2.54. The third-order valence-electron chi connectivity index (χ3n) is 6.77. The van der Waals surface area contributed by atoms with Crippen LogP contribution in [0.1, 0.15) is 62.4 Å². The fourth-order valence-corrected chi connectivity index (χ4v) is 6.30. The first-order chi connectivity index (χ1) is 12.0. The average Bonchev–Trinajstić information content (AvgIpc) is 2.98. The Balaban J connectivity index is 1.52. The maximum absolute atomic E-state index is 12.8. The van der Waals surface area contributed by atoms with Gasteiger partial charge in [-0.25, -0.2) is 4.68 Å². The van der Waals surface area contributed by atoms with Gasteiger partial charge in [-0.05, 0) is 74.2 Å². The summed E-state index contributed by atoms with van der Waals surface area (Å²) < 4.78 is 1.27. The van der Waals surface area contributed by atoms with Gasteiger partial charge in [-0.3, -0.25) is 9.59 Å². The lowest BCUT2D eigenvalue weighted by Gasteiger charge is -2.59. The van der Waals surface area contributed by atoms with Gasteiger partial charge in [-0.1, -0.05) is 6.92 Å². The number of aromatic nitrogens is 2. The van der Waals surface area contributed by atoms with Gasteiger partial charge in [0, 0.05) is 12.2 Å². The first kappa shape index (κ1) is 16.6. The molecular weight excluding hydrogens is 318 g/mol. The van der Waals surface area contributed by atoms with E-state index < -0.39 is 5.97 Å². The largest absolute Gasteiger partial charge is 0.480 e. The number of hydrogen-bond donors (Lipinski definition) is 2. The van der Waals surface area contributed by atoms with E-state index >= 15 is 0 Å². The van der Waals surface area contributed by atoms with Gasteiger partial charge in [-0.15, -0.1) is 0 Å². The lowest BCUT2D eigenvalue weighted by atomic mass is 9.47. The highest BCUT2D eigenvalue weighted by Crippen LogP contribution is 2.61. The van der Waals surface area contributed by atoms with E-state index in [2.05, 4.69) is 17.3 Å². The van der Waals surface area contributed by atoms with Crippen molar-refractivity contribution >= 4 is 11.9 Å². The van der Waals surface area contributed by atoms with Gasteiger partial charge >= 0.3 is 5.97 Å². The summed E-state index contributed by atoms with van der Waals surface area (Å²) in [7, 11) is 0. The summed E-state index contributed by atoms with van der Waals surface area (Å²) in [5.74, 6) is 1.34. The fourth-order valence-electron chi connectivity index (χ4n) is 6.30. The maximum Gasteiger partial charge on any atom is 0.325 e. The lowest BCUT2D eigenvalue weighted by molar-refractivity contribution is -0.137. The van der Waals surface area contributed by atoms with E-state index in [0.717, 1.165) is 24.2 Å². The van der Waals surface area contributed by atoms with E-state index in [1.165, 1.54) is 49.4 Å². The van der Waals surface area contributed by atoms with Gasteiger partial charge in [-0.2, -0.15) is 5.10 Å². The number of aliphatic carboxylic acids is 1. The first-order valence-corrected chi connectivity index (χ1v) is 9.53. The first-order valence-electron chi connectivity index (χ1n) is 9.53. The van der Waals surface area contributed by atoms with E-state index in [-0.39, 0.29) is 23.9 Å². The molecule has 1 aromatic heterocycles. The molecule has 1 amide bonds. The minimum absolute atomic E-state index is 0.168. The molecule has 0 saturated heterocycles. The minimum Gasteiger partial charge on any atom is -0.480 e. The van der Waals surface area contributed by atoms with Crippen molar-refractivity contribution in [1.82, 2.24) is 15.1 Å². The third-order valence-corrected chi connectivity index (χ3v) is 6.77. The van der Waals surface area contributed by atoms with Gasteiger partial charge in [0.2, 0.25) is 0 Å². The second kappa shape index (κ2) is 6.15. The van der Waals surface area contributed by atoms with Crippen LogP contribution in [0.5, 0.6) is 0 Å². The highest BCUT2D eigenvalue weighted by atomic mass is 16.4. The number of nitrogens with zero attached hydrogens (tertiary/aromatic N) is 2. The van der Waals surface area contributed by atoms with Crippen LogP contribution in [0.15, 0.2) is 12.3 Å². The number of carboxylic acid groups (broad SMARTS) is 1. The monoisotopic (exact) mass is 345 g/mol. The Morgan fingerprint density at radius 3 is 2.40 bits per heavy atom. The van der Waals surface area contributed by atoms with E-state index in [1.54, 1.807) is 6.07 Å². The number of carboxylic acids is 1. The standard InChI is InChI=1S/C19H27N3O3/c1-2-16(19-8-12-5-13(9-19)7-14(6-12)10-19)21-18(25)15-3-4-20-22(15)11-17(23)24/h3-4,12-14,16H,2,5-11H2,1H3,(H,21,25)(H,23,24). The highest BCUT2D eigenvalue weighted by molar-refractivity contribution is 5.93. The molecule has 0 spiro atoms. The van der Waals surface area contributed by atoms with Gasteiger partial charge in [0.15, 0.2) is 0 Å². The summed E-state index contributed by atoms with van der Waals surface area (Å²) in [5.41, 5.74) is 0.585. The zero-order valence-corrected chi connectivity index (χ0v) is 14.8. The molecule has 0 aliphatic heterocycles. The normalized spacial score (nSPS) is 34.0. The Kier molecular flexibility index (Phi) is 4.08. The molecule has 136 valence electrons. The molecule has 6 heteroatoms. The second-order valence-electron chi connectivity index (χ2n) is 8.48. The van der Waals surface area contributed by atoms with Crippen LogP contribution in [0.4, 0.5) is 0 Å². The quantitative estimate of drug-likeness (QED) is 0.830. The van der Waals surface area contributed by atoms with E-state index in [4.69, 9.17) is 5.11 Å². The van der Waals surface area contributed by atoms with E-state index in [1.807, 2.05) is 0 Å². The van der Waals surface area contributed by atoms with Crippen LogP contribution in [0, 0.1) is 23.2 Å². The van der Waals surface area contributed by atoms with Crippen LogP contribution in [0.3, 0.4) is 0 Å². The van der Waals surface area contributed by atoms with Crippen molar-refractivity contribution in [2.75, 3.05) is 0 Å².